The average Bonchev–Trinajstić information content (AvgIpc) is 2.48. The number of aliphatic carboxylic acids is 1. The number of alkyl halides is 3. The van der Waals surface area contributed by atoms with Crippen molar-refractivity contribution in [1.29, 1.82) is 0 Å². The summed E-state index contributed by atoms with van der Waals surface area (Å²) in [6, 6.07) is 0. The van der Waals surface area contributed by atoms with Crippen LogP contribution in [0, 0.1) is 5.92 Å². The lowest BCUT2D eigenvalue weighted by Gasteiger charge is -2.16. The molecule has 8 heteroatoms. The third kappa shape index (κ3) is 3.14. The standard InChI is InChI=1S/C8H10F3N3O2/c1-14-4-5(2-13-14)12-3-6(7(15)16)8(9,10)11/h2,4,6,12H,3H2,1H3,(H,15,16). The number of hydrogen-bond donors (Lipinski definition) is 2. The number of carboxylic acids is 1. The summed E-state index contributed by atoms with van der Waals surface area (Å²) >= 11 is 0. The molecule has 0 radical (unpaired) electrons. The molecule has 0 aliphatic rings. The van der Waals surface area contributed by atoms with E-state index < -0.39 is 24.6 Å². The van der Waals surface area contributed by atoms with Gasteiger partial charge in [-0.05, 0) is 0 Å². The first-order valence-corrected chi connectivity index (χ1v) is 4.32. The number of halogens is 3. The molecular weight excluding hydrogens is 227 g/mol. The number of rotatable bonds is 4. The molecule has 2 N–H and O–H groups in total. The van der Waals surface area contributed by atoms with Crippen LogP contribution in [0.5, 0.6) is 0 Å². The molecule has 16 heavy (non-hydrogen) atoms. The molecule has 0 saturated carbocycles. The summed E-state index contributed by atoms with van der Waals surface area (Å²) in [6.07, 6.45) is -1.99. The summed E-state index contributed by atoms with van der Waals surface area (Å²) < 4.78 is 38.1. The van der Waals surface area contributed by atoms with Gasteiger partial charge in [-0.3, -0.25) is 9.48 Å². The fourth-order valence-corrected chi connectivity index (χ4v) is 1.08. The number of nitrogens with one attached hydrogen (secondary N) is 1. The maximum atomic E-state index is 12.2. The van der Waals surface area contributed by atoms with E-state index in [2.05, 4.69) is 10.4 Å². The van der Waals surface area contributed by atoms with Crippen molar-refractivity contribution in [1.82, 2.24) is 9.78 Å². The van der Waals surface area contributed by atoms with E-state index in [0.29, 0.717) is 5.69 Å². The normalized spacial score (nSPS) is 13.5. The second kappa shape index (κ2) is 4.42. The zero-order valence-corrected chi connectivity index (χ0v) is 8.32. The highest BCUT2D eigenvalue weighted by atomic mass is 19.4. The van der Waals surface area contributed by atoms with E-state index in [4.69, 9.17) is 5.11 Å². The van der Waals surface area contributed by atoms with Gasteiger partial charge in [-0.15, -0.1) is 0 Å². The Hall–Kier alpha value is -1.73. The zero-order valence-electron chi connectivity index (χ0n) is 8.32. The van der Waals surface area contributed by atoms with Gasteiger partial charge in [-0.25, -0.2) is 0 Å². The first-order chi connectivity index (χ1) is 7.30. The first-order valence-electron chi connectivity index (χ1n) is 4.32. The molecule has 0 aromatic carbocycles. The van der Waals surface area contributed by atoms with E-state index in [9.17, 15) is 18.0 Å². The van der Waals surface area contributed by atoms with Gasteiger partial charge in [0.1, 0.15) is 0 Å². The summed E-state index contributed by atoms with van der Waals surface area (Å²) in [6.45, 7) is -0.718. The molecule has 5 nitrogen and oxygen atoms in total. The third-order valence-electron chi connectivity index (χ3n) is 1.91. The summed E-state index contributed by atoms with van der Waals surface area (Å²) in [5.74, 6) is -4.32. The molecule has 1 aromatic heterocycles. The van der Waals surface area contributed by atoms with Gasteiger partial charge in [-0.1, -0.05) is 0 Å². The van der Waals surface area contributed by atoms with Crippen molar-refractivity contribution in [3.63, 3.8) is 0 Å². The minimum atomic E-state index is -4.76. The molecular formula is C8H10F3N3O2. The predicted octanol–water partition coefficient (Wildman–Crippen LogP) is 1.10. The highest BCUT2D eigenvalue weighted by molar-refractivity contribution is 5.71. The Bertz CT molecular complexity index is 375. The Kier molecular flexibility index (Phi) is 3.41. The van der Waals surface area contributed by atoms with Gasteiger partial charge >= 0.3 is 12.1 Å². The van der Waals surface area contributed by atoms with Crippen LogP contribution in [0.4, 0.5) is 18.9 Å². The van der Waals surface area contributed by atoms with E-state index in [1.807, 2.05) is 0 Å². The SMILES string of the molecule is Cn1cc(NCC(C(=O)O)C(F)(F)F)cn1. The maximum Gasteiger partial charge on any atom is 0.403 e. The predicted molar refractivity (Wildman–Crippen MR) is 48.9 cm³/mol. The van der Waals surface area contributed by atoms with Crippen molar-refractivity contribution >= 4 is 11.7 Å². The highest BCUT2D eigenvalue weighted by Gasteiger charge is 2.44. The Labute approximate surface area is 88.9 Å². The second-order valence-corrected chi connectivity index (χ2v) is 3.22. The van der Waals surface area contributed by atoms with Crippen molar-refractivity contribution in [2.75, 3.05) is 11.9 Å². The molecule has 0 bridgehead atoms. The second-order valence-electron chi connectivity index (χ2n) is 3.22. The van der Waals surface area contributed by atoms with Crippen LogP contribution in [0.3, 0.4) is 0 Å². The molecule has 0 amide bonds. The molecule has 1 rings (SSSR count). The lowest BCUT2D eigenvalue weighted by molar-refractivity contribution is -0.190. The highest BCUT2D eigenvalue weighted by Crippen LogP contribution is 2.26. The molecule has 1 atom stereocenters. The Balaban J connectivity index is 2.61. The van der Waals surface area contributed by atoms with Gasteiger partial charge in [0.25, 0.3) is 0 Å². The Morgan fingerprint density at radius 1 is 1.69 bits per heavy atom. The molecule has 90 valence electrons. The fourth-order valence-electron chi connectivity index (χ4n) is 1.08. The molecule has 1 heterocycles. The topological polar surface area (TPSA) is 67.2 Å². The number of aryl methyl sites for hydroxylation is 1. The van der Waals surface area contributed by atoms with Crippen molar-refractivity contribution in [2.45, 2.75) is 6.18 Å². The summed E-state index contributed by atoms with van der Waals surface area (Å²) in [5.41, 5.74) is 0.345. The van der Waals surface area contributed by atoms with Crippen molar-refractivity contribution in [3.05, 3.63) is 12.4 Å². The average molecular weight is 237 g/mol. The summed E-state index contributed by atoms with van der Waals surface area (Å²) in [7, 11) is 1.60. The van der Waals surface area contributed by atoms with Crippen molar-refractivity contribution in [2.24, 2.45) is 13.0 Å². The van der Waals surface area contributed by atoms with E-state index in [-0.39, 0.29) is 0 Å². The zero-order chi connectivity index (χ0) is 12.3. The minimum Gasteiger partial charge on any atom is -0.481 e. The van der Waals surface area contributed by atoms with Crippen molar-refractivity contribution < 1.29 is 23.1 Å². The number of carboxylic acid groups (broad SMARTS) is 1. The van der Waals surface area contributed by atoms with Crippen LogP contribution in [0.1, 0.15) is 0 Å². The Morgan fingerprint density at radius 3 is 2.69 bits per heavy atom. The van der Waals surface area contributed by atoms with Crippen LogP contribution >= 0.6 is 0 Å². The summed E-state index contributed by atoms with van der Waals surface area (Å²) in [4.78, 5) is 10.4. The van der Waals surface area contributed by atoms with Crippen LogP contribution in [0.15, 0.2) is 12.4 Å². The van der Waals surface area contributed by atoms with Gasteiger partial charge in [0.15, 0.2) is 5.92 Å². The number of aromatic nitrogens is 2. The van der Waals surface area contributed by atoms with E-state index in [0.717, 1.165) is 0 Å². The molecule has 1 unspecified atom stereocenters. The van der Waals surface area contributed by atoms with Gasteiger partial charge in [0.2, 0.25) is 0 Å². The minimum absolute atomic E-state index is 0.345. The summed E-state index contributed by atoms with van der Waals surface area (Å²) in [5, 5.41) is 14.5. The molecule has 0 saturated heterocycles. The largest absolute Gasteiger partial charge is 0.481 e. The van der Waals surface area contributed by atoms with Gasteiger partial charge in [0.05, 0.1) is 11.9 Å². The molecule has 1 aromatic rings. The van der Waals surface area contributed by atoms with Crippen molar-refractivity contribution in [3.8, 4) is 0 Å². The molecule has 0 aliphatic heterocycles. The number of nitrogens with zero attached hydrogens (tertiary/aromatic N) is 2. The fraction of sp³-hybridized carbons (Fsp3) is 0.500. The quantitative estimate of drug-likeness (QED) is 0.822. The van der Waals surface area contributed by atoms with E-state index >= 15 is 0 Å². The van der Waals surface area contributed by atoms with Crippen LogP contribution < -0.4 is 5.32 Å². The van der Waals surface area contributed by atoms with Gasteiger partial charge in [0, 0.05) is 19.8 Å². The maximum absolute atomic E-state index is 12.2. The van der Waals surface area contributed by atoms with Gasteiger partial charge in [-0.2, -0.15) is 18.3 Å². The third-order valence-corrected chi connectivity index (χ3v) is 1.91. The Morgan fingerprint density at radius 2 is 2.31 bits per heavy atom. The molecule has 0 fully saturated rings. The smallest absolute Gasteiger partial charge is 0.403 e. The van der Waals surface area contributed by atoms with Crippen LogP contribution in [0.2, 0.25) is 0 Å². The monoisotopic (exact) mass is 237 g/mol. The van der Waals surface area contributed by atoms with Crippen LogP contribution in [-0.2, 0) is 11.8 Å². The number of anilines is 1. The first kappa shape index (κ1) is 12.3. The molecule has 0 aliphatic carbocycles. The van der Waals surface area contributed by atoms with E-state index in [1.54, 1.807) is 7.05 Å². The number of carbonyl (C=O) groups is 1. The van der Waals surface area contributed by atoms with Gasteiger partial charge < -0.3 is 10.4 Å². The lowest BCUT2D eigenvalue weighted by atomic mass is 10.1. The van der Waals surface area contributed by atoms with Crippen LogP contribution in [-0.4, -0.2) is 33.6 Å². The van der Waals surface area contributed by atoms with Crippen LogP contribution in [0.25, 0.3) is 0 Å². The number of hydrogen-bond acceptors (Lipinski definition) is 3. The molecule has 0 spiro atoms. The van der Waals surface area contributed by atoms with E-state index in [1.165, 1.54) is 17.1 Å². The lowest BCUT2D eigenvalue weighted by Crippen LogP contribution is -2.36.